The molecule has 0 aliphatic rings. The minimum absolute atomic E-state index is 0.252. The van der Waals surface area contributed by atoms with Crippen LogP contribution in [0.2, 0.25) is 0 Å². The van der Waals surface area contributed by atoms with Crippen molar-refractivity contribution in [3.63, 3.8) is 0 Å². The van der Waals surface area contributed by atoms with Gasteiger partial charge in [0.1, 0.15) is 11.0 Å². The third kappa shape index (κ3) is 4.35. The van der Waals surface area contributed by atoms with E-state index in [1.54, 1.807) is 48.5 Å². The van der Waals surface area contributed by atoms with E-state index >= 15 is 0 Å². The molecule has 0 radical (unpaired) electrons. The van der Waals surface area contributed by atoms with Gasteiger partial charge in [0.2, 0.25) is 5.75 Å². The van der Waals surface area contributed by atoms with Crippen LogP contribution in [-0.4, -0.2) is 29.7 Å². The second-order valence-corrected chi connectivity index (χ2v) is 7.28. The number of methoxy groups -OCH3 is 3. The molecule has 0 bridgehead atoms. The van der Waals surface area contributed by atoms with Gasteiger partial charge >= 0.3 is 0 Å². The number of benzene rings is 2. The summed E-state index contributed by atoms with van der Waals surface area (Å²) in [6, 6.07) is 13.6. The van der Waals surface area contributed by atoms with E-state index in [-0.39, 0.29) is 10.7 Å². The SMILES string of the molecule is COc1cc(C=C(C#N)S(=O)(=O)Cc2ccccc2)cc(OC)c1OC. The van der Waals surface area contributed by atoms with Crippen LogP contribution in [0.15, 0.2) is 47.4 Å². The Morgan fingerprint density at radius 1 is 1.04 bits per heavy atom. The summed E-state index contributed by atoms with van der Waals surface area (Å²) in [5.74, 6) is 0.877. The molecule has 0 aromatic heterocycles. The quantitative estimate of drug-likeness (QED) is 0.693. The van der Waals surface area contributed by atoms with E-state index in [9.17, 15) is 13.7 Å². The van der Waals surface area contributed by atoms with Crippen molar-refractivity contribution in [2.75, 3.05) is 21.3 Å². The largest absolute Gasteiger partial charge is 0.493 e. The molecule has 6 nitrogen and oxygen atoms in total. The van der Waals surface area contributed by atoms with Gasteiger partial charge in [0, 0.05) is 0 Å². The number of sulfone groups is 1. The first-order valence-corrected chi connectivity index (χ1v) is 9.29. The summed E-state index contributed by atoms with van der Waals surface area (Å²) in [4.78, 5) is -0.337. The molecule has 136 valence electrons. The molecule has 0 spiro atoms. The average molecular weight is 373 g/mol. The number of allylic oxidation sites excluding steroid dienone is 1. The molecule has 0 unspecified atom stereocenters. The molecular weight excluding hydrogens is 354 g/mol. The first-order chi connectivity index (χ1) is 12.4. The van der Waals surface area contributed by atoms with Gasteiger partial charge < -0.3 is 14.2 Å². The fourth-order valence-corrected chi connectivity index (χ4v) is 3.64. The number of hydrogen-bond donors (Lipinski definition) is 0. The third-order valence-corrected chi connectivity index (χ3v) is 5.22. The van der Waals surface area contributed by atoms with Crippen LogP contribution < -0.4 is 14.2 Å². The summed E-state index contributed by atoms with van der Waals surface area (Å²) >= 11 is 0. The Bertz CT molecular complexity index is 919. The fraction of sp³-hybridized carbons (Fsp3) is 0.211. The minimum atomic E-state index is -3.79. The van der Waals surface area contributed by atoms with Gasteiger partial charge in [0.25, 0.3) is 0 Å². The van der Waals surface area contributed by atoms with Crippen molar-refractivity contribution in [1.82, 2.24) is 0 Å². The van der Waals surface area contributed by atoms with Crippen LogP contribution in [0, 0.1) is 11.3 Å². The van der Waals surface area contributed by atoms with Crippen LogP contribution in [-0.2, 0) is 15.6 Å². The average Bonchev–Trinajstić information content (AvgIpc) is 2.65. The Labute approximate surface area is 153 Å². The molecular formula is C19H19NO5S. The van der Waals surface area contributed by atoms with Crippen LogP contribution >= 0.6 is 0 Å². The van der Waals surface area contributed by atoms with Gasteiger partial charge in [-0.15, -0.1) is 0 Å². The Kier molecular flexibility index (Phi) is 6.26. The van der Waals surface area contributed by atoms with Gasteiger partial charge in [0.05, 0.1) is 27.1 Å². The third-order valence-electron chi connectivity index (χ3n) is 3.63. The maximum atomic E-state index is 12.6. The maximum Gasteiger partial charge on any atom is 0.203 e. The molecule has 2 rings (SSSR count). The van der Waals surface area contributed by atoms with Gasteiger partial charge in [0.15, 0.2) is 21.3 Å². The summed E-state index contributed by atoms with van der Waals surface area (Å²) in [5, 5.41) is 9.37. The van der Waals surface area contributed by atoms with E-state index in [1.165, 1.54) is 27.4 Å². The zero-order chi connectivity index (χ0) is 19.2. The van der Waals surface area contributed by atoms with Crippen LogP contribution in [0.25, 0.3) is 6.08 Å². The number of hydrogen-bond acceptors (Lipinski definition) is 6. The van der Waals surface area contributed by atoms with E-state index in [2.05, 4.69) is 0 Å². The summed E-state index contributed by atoms with van der Waals surface area (Å²) in [6.45, 7) is 0. The van der Waals surface area contributed by atoms with E-state index in [0.717, 1.165) is 0 Å². The summed E-state index contributed by atoms with van der Waals surface area (Å²) < 4.78 is 40.9. The molecule has 7 heteroatoms. The van der Waals surface area contributed by atoms with Crippen molar-refractivity contribution in [3.05, 3.63) is 58.5 Å². The lowest BCUT2D eigenvalue weighted by Crippen LogP contribution is -2.06. The van der Waals surface area contributed by atoms with Crippen molar-refractivity contribution in [1.29, 1.82) is 5.26 Å². The lowest BCUT2D eigenvalue weighted by atomic mass is 10.1. The molecule has 2 aromatic carbocycles. The second kappa shape index (κ2) is 8.41. The number of nitriles is 1. The monoisotopic (exact) mass is 373 g/mol. The number of nitrogens with zero attached hydrogens (tertiary/aromatic N) is 1. The Balaban J connectivity index is 2.47. The second-order valence-electron chi connectivity index (χ2n) is 5.32. The van der Waals surface area contributed by atoms with Crippen molar-refractivity contribution in [2.45, 2.75) is 5.75 Å². The van der Waals surface area contributed by atoms with E-state index in [0.29, 0.717) is 28.4 Å². The zero-order valence-electron chi connectivity index (χ0n) is 14.7. The predicted octanol–water partition coefficient (Wildman–Crippen LogP) is 3.19. The topological polar surface area (TPSA) is 85.6 Å². The van der Waals surface area contributed by atoms with Crippen molar-refractivity contribution >= 4 is 15.9 Å². The van der Waals surface area contributed by atoms with Gasteiger partial charge in [-0.05, 0) is 29.3 Å². The molecule has 2 aromatic rings. The molecule has 0 amide bonds. The standard InChI is InChI=1S/C19H19NO5S/c1-23-17-10-15(11-18(24-2)19(17)25-3)9-16(12-20)26(21,22)13-14-7-5-4-6-8-14/h4-11H,13H2,1-3H3. The Morgan fingerprint density at radius 2 is 1.62 bits per heavy atom. The highest BCUT2D eigenvalue weighted by molar-refractivity contribution is 7.95. The van der Waals surface area contributed by atoms with E-state index in [4.69, 9.17) is 14.2 Å². The highest BCUT2D eigenvalue weighted by Gasteiger charge is 2.20. The highest BCUT2D eigenvalue weighted by Crippen LogP contribution is 2.38. The first-order valence-electron chi connectivity index (χ1n) is 7.63. The summed E-state index contributed by atoms with van der Waals surface area (Å²) in [5.41, 5.74) is 1.06. The summed E-state index contributed by atoms with van der Waals surface area (Å²) in [7, 11) is 0.603. The molecule has 0 N–H and O–H groups in total. The van der Waals surface area contributed by atoms with Gasteiger partial charge in [-0.2, -0.15) is 5.26 Å². The fourth-order valence-electron chi connectivity index (χ4n) is 2.40. The maximum absolute atomic E-state index is 12.6. The van der Waals surface area contributed by atoms with E-state index < -0.39 is 9.84 Å². The molecule has 0 saturated heterocycles. The lowest BCUT2D eigenvalue weighted by Gasteiger charge is -2.13. The highest BCUT2D eigenvalue weighted by atomic mass is 32.2. The molecule has 0 atom stereocenters. The molecule has 0 saturated carbocycles. The first kappa shape index (κ1) is 19.3. The van der Waals surface area contributed by atoms with Gasteiger partial charge in [-0.25, -0.2) is 8.42 Å². The van der Waals surface area contributed by atoms with Gasteiger partial charge in [-0.3, -0.25) is 0 Å². The van der Waals surface area contributed by atoms with Crippen molar-refractivity contribution in [3.8, 4) is 23.3 Å². The lowest BCUT2D eigenvalue weighted by molar-refractivity contribution is 0.324. The van der Waals surface area contributed by atoms with Crippen molar-refractivity contribution in [2.24, 2.45) is 0 Å². The smallest absolute Gasteiger partial charge is 0.203 e. The van der Waals surface area contributed by atoms with E-state index in [1.807, 2.05) is 0 Å². The molecule has 0 aliphatic carbocycles. The zero-order valence-corrected chi connectivity index (χ0v) is 15.5. The summed E-state index contributed by atoms with van der Waals surface area (Å²) in [6.07, 6.45) is 1.29. The minimum Gasteiger partial charge on any atom is -0.493 e. The van der Waals surface area contributed by atoms with Crippen molar-refractivity contribution < 1.29 is 22.6 Å². The number of rotatable bonds is 7. The van der Waals surface area contributed by atoms with Crippen LogP contribution in [0.5, 0.6) is 17.2 Å². The predicted molar refractivity (Wildman–Crippen MR) is 98.8 cm³/mol. The molecule has 0 heterocycles. The normalized spacial score (nSPS) is 11.5. The molecule has 0 fully saturated rings. The molecule has 26 heavy (non-hydrogen) atoms. The van der Waals surface area contributed by atoms with Gasteiger partial charge in [-0.1, -0.05) is 30.3 Å². The Hall–Kier alpha value is -2.98. The van der Waals surface area contributed by atoms with Crippen LogP contribution in [0.1, 0.15) is 11.1 Å². The molecule has 0 aliphatic heterocycles. The van der Waals surface area contributed by atoms with Crippen LogP contribution in [0.3, 0.4) is 0 Å². The van der Waals surface area contributed by atoms with Crippen LogP contribution in [0.4, 0.5) is 0 Å². The Morgan fingerprint density at radius 3 is 2.08 bits per heavy atom. The number of ether oxygens (including phenoxy) is 3.